The van der Waals surface area contributed by atoms with Gasteiger partial charge in [-0.3, -0.25) is 5.10 Å². The standard InChI is InChI=1S/C13H16FN3/c1-3-4-10-12(16-17-13(10)15)9-5-6-11(14)8(2)7-9/h5-7H,3-4H2,1-2H3,(H3,15,16,17). The molecule has 17 heavy (non-hydrogen) atoms. The van der Waals surface area contributed by atoms with Gasteiger partial charge in [0, 0.05) is 11.1 Å². The van der Waals surface area contributed by atoms with Gasteiger partial charge in [0.05, 0.1) is 5.69 Å². The quantitative estimate of drug-likeness (QED) is 0.856. The van der Waals surface area contributed by atoms with Crippen LogP contribution in [0.2, 0.25) is 0 Å². The summed E-state index contributed by atoms with van der Waals surface area (Å²) in [7, 11) is 0. The van der Waals surface area contributed by atoms with Gasteiger partial charge in [-0.2, -0.15) is 5.10 Å². The van der Waals surface area contributed by atoms with Crippen molar-refractivity contribution in [1.29, 1.82) is 0 Å². The molecule has 4 heteroatoms. The molecule has 0 bridgehead atoms. The third kappa shape index (κ3) is 2.16. The Kier molecular flexibility index (Phi) is 3.13. The van der Waals surface area contributed by atoms with E-state index >= 15 is 0 Å². The number of nitrogens with zero attached hydrogens (tertiary/aromatic N) is 1. The fourth-order valence-electron chi connectivity index (χ4n) is 1.92. The van der Waals surface area contributed by atoms with E-state index in [0.717, 1.165) is 29.7 Å². The number of H-pyrrole nitrogens is 1. The Morgan fingerprint density at radius 2 is 2.18 bits per heavy atom. The average molecular weight is 233 g/mol. The minimum absolute atomic E-state index is 0.196. The second-order valence-corrected chi connectivity index (χ2v) is 4.18. The maximum absolute atomic E-state index is 13.2. The first-order chi connectivity index (χ1) is 8.13. The maximum Gasteiger partial charge on any atom is 0.149 e. The minimum Gasteiger partial charge on any atom is -0.382 e. The topological polar surface area (TPSA) is 54.7 Å². The number of halogens is 1. The fraction of sp³-hybridized carbons (Fsp3) is 0.308. The van der Waals surface area contributed by atoms with Crippen LogP contribution in [0.15, 0.2) is 18.2 Å². The lowest BCUT2D eigenvalue weighted by Crippen LogP contribution is -1.93. The van der Waals surface area contributed by atoms with E-state index in [-0.39, 0.29) is 5.82 Å². The highest BCUT2D eigenvalue weighted by molar-refractivity contribution is 5.68. The van der Waals surface area contributed by atoms with Crippen LogP contribution in [-0.2, 0) is 6.42 Å². The van der Waals surface area contributed by atoms with E-state index in [1.54, 1.807) is 19.1 Å². The zero-order valence-electron chi connectivity index (χ0n) is 10.0. The van der Waals surface area contributed by atoms with Gasteiger partial charge in [-0.1, -0.05) is 13.3 Å². The number of nitrogens with one attached hydrogen (secondary N) is 1. The van der Waals surface area contributed by atoms with Gasteiger partial charge in [-0.05, 0) is 37.1 Å². The Labute approximate surface area is 99.9 Å². The molecule has 0 aliphatic carbocycles. The Bertz CT molecular complexity index is 531. The molecule has 1 aromatic carbocycles. The van der Waals surface area contributed by atoms with E-state index < -0.39 is 0 Å². The van der Waals surface area contributed by atoms with Gasteiger partial charge in [-0.25, -0.2) is 4.39 Å². The molecule has 0 fully saturated rings. The van der Waals surface area contributed by atoms with Gasteiger partial charge < -0.3 is 5.73 Å². The van der Waals surface area contributed by atoms with E-state index in [1.807, 2.05) is 0 Å². The normalized spacial score (nSPS) is 10.8. The molecule has 0 spiro atoms. The van der Waals surface area contributed by atoms with Crippen molar-refractivity contribution in [3.8, 4) is 11.3 Å². The molecular weight excluding hydrogens is 217 g/mol. The summed E-state index contributed by atoms with van der Waals surface area (Å²) in [4.78, 5) is 0. The zero-order valence-corrected chi connectivity index (χ0v) is 10.0. The first-order valence-electron chi connectivity index (χ1n) is 5.72. The van der Waals surface area contributed by atoms with Crippen LogP contribution < -0.4 is 5.73 Å². The highest BCUT2D eigenvalue weighted by Gasteiger charge is 2.12. The van der Waals surface area contributed by atoms with E-state index in [0.29, 0.717) is 11.4 Å². The lowest BCUT2D eigenvalue weighted by atomic mass is 10.0. The van der Waals surface area contributed by atoms with Crippen molar-refractivity contribution < 1.29 is 4.39 Å². The monoisotopic (exact) mass is 233 g/mol. The summed E-state index contributed by atoms with van der Waals surface area (Å²) in [5.74, 6) is 0.335. The Morgan fingerprint density at radius 1 is 1.41 bits per heavy atom. The molecule has 0 aliphatic heterocycles. The summed E-state index contributed by atoms with van der Waals surface area (Å²) < 4.78 is 13.2. The van der Waals surface area contributed by atoms with Crippen molar-refractivity contribution in [2.24, 2.45) is 0 Å². The lowest BCUT2D eigenvalue weighted by molar-refractivity contribution is 0.618. The molecule has 1 aromatic heterocycles. The van der Waals surface area contributed by atoms with Crippen LogP contribution >= 0.6 is 0 Å². The van der Waals surface area contributed by atoms with Gasteiger partial charge in [0.2, 0.25) is 0 Å². The van der Waals surface area contributed by atoms with Crippen molar-refractivity contribution in [2.75, 3.05) is 5.73 Å². The largest absolute Gasteiger partial charge is 0.382 e. The number of aromatic nitrogens is 2. The number of benzene rings is 1. The molecule has 0 atom stereocenters. The predicted octanol–water partition coefficient (Wildman–Crippen LogP) is 3.06. The van der Waals surface area contributed by atoms with Crippen LogP contribution in [0, 0.1) is 12.7 Å². The number of aryl methyl sites for hydroxylation is 1. The number of rotatable bonds is 3. The molecule has 0 saturated carbocycles. The van der Waals surface area contributed by atoms with E-state index in [2.05, 4.69) is 17.1 Å². The molecule has 2 aromatic rings. The van der Waals surface area contributed by atoms with Gasteiger partial charge in [0.1, 0.15) is 11.6 Å². The van der Waals surface area contributed by atoms with Crippen molar-refractivity contribution in [2.45, 2.75) is 26.7 Å². The highest BCUT2D eigenvalue weighted by atomic mass is 19.1. The molecule has 90 valence electrons. The van der Waals surface area contributed by atoms with Gasteiger partial charge >= 0.3 is 0 Å². The number of hydrogen-bond acceptors (Lipinski definition) is 2. The predicted molar refractivity (Wildman–Crippen MR) is 67.1 cm³/mol. The molecule has 3 nitrogen and oxygen atoms in total. The summed E-state index contributed by atoms with van der Waals surface area (Å²) in [5, 5.41) is 6.95. The van der Waals surface area contributed by atoms with Gasteiger partial charge in [0.15, 0.2) is 0 Å². The zero-order chi connectivity index (χ0) is 12.4. The lowest BCUT2D eigenvalue weighted by Gasteiger charge is -2.04. The second-order valence-electron chi connectivity index (χ2n) is 4.18. The van der Waals surface area contributed by atoms with Gasteiger partial charge in [0.25, 0.3) is 0 Å². The molecular formula is C13H16FN3. The van der Waals surface area contributed by atoms with Gasteiger partial charge in [-0.15, -0.1) is 0 Å². The van der Waals surface area contributed by atoms with Crippen LogP contribution in [0.1, 0.15) is 24.5 Å². The third-order valence-electron chi connectivity index (χ3n) is 2.85. The highest BCUT2D eigenvalue weighted by Crippen LogP contribution is 2.27. The maximum atomic E-state index is 13.2. The van der Waals surface area contributed by atoms with Crippen LogP contribution in [0.5, 0.6) is 0 Å². The smallest absolute Gasteiger partial charge is 0.149 e. The molecule has 0 aliphatic rings. The van der Waals surface area contributed by atoms with E-state index in [1.165, 1.54) is 6.07 Å². The Morgan fingerprint density at radius 3 is 2.82 bits per heavy atom. The summed E-state index contributed by atoms with van der Waals surface area (Å²) in [5.41, 5.74) is 9.28. The summed E-state index contributed by atoms with van der Waals surface area (Å²) in [6.07, 6.45) is 1.87. The SMILES string of the molecule is CCCc1c(N)n[nH]c1-c1ccc(F)c(C)c1. The van der Waals surface area contributed by atoms with Crippen LogP contribution in [0.3, 0.4) is 0 Å². The number of nitrogens with two attached hydrogens (primary N) is 1. The van der Waals surface area contributed by atoms with Crippen molar-refractivity contribution in [3.05, 3.63) is 35.1 Å². The first kappa shape index (κ1) is 11.6. The van der Waals surface area contributed by atoms with E-state index in [4.69, 9.17) is 5.73 Å². The summed E-state index contributed by atoms with van der Waals surface area (Å²) in [6.45, 7) is 3.84. The number of hydrogen-bond donors (Lipinski definition) is 2. The molecule has 0 saturated heterocycles. The molecule has 2 rings (SSSR count). The second kappa shape index (κ2) is 4.57. The van der Waals surface area contributed by atoms with Crippen LogP contribution in [0.4, 0.5) is 10.2 Å². The third-order valence-corrected chi connectivity index (χ3v) is 2.85. The van der Waals surface area contributed by atoms with Crippen LogP contribution in [-0.4, -0.2) is 10.2 Å². The Balaban J connectivity index is 2.48. The molecule has 0 unspecified atom stereocenters. The number of anilines is 1. The first-order valence-corrected chi connectivity index (χ1v) is 5.72. The Hall–Kier alpha value is -1.84. The fourth-order valence-corrected chi connectivity index (χ4v) is 1.92. The van der Waals surface area contributed by atoms with Crippen molar-refractivity contribution in [3.63, 3.8) is 0 Å². The van der Waals surface area contributed by atoms with Crippen LogP contribution in [0.25, 0.3) is 11.3 Å². The van der Waals surface area contributed by atoms with Crippen molar-refractivity contribution >= 4 is 5.82 Å². The summed E-state index contributed by atoms with van der Waals surface area (Å²) in [6, 6.07) is 5.02. The summed E-state index contributed by atoms with van der Waals surface area (Å²) >= 11 is 0. The average Bonchev–Trinajstić information content (AvgIpc) is 2.66. The molecule has 3 N–H and O–H groups in total. The van der Waals surface area contributed by atoms with Crippen molar-refractivity contribution in [1.82, 2.24) is 10.2 Å². The number of aromatic amines is 1. The number of nitrogen functional groups attached to an aromatic ring is 1. The molecule has 0 amide bonds. The van der Waals surface area contributed by atoms with E-state index in [9.17, 15) is 4.39 Å². The molecule has 0 radical (unpaired) electrons. The molecule has 1 heterocycles. The minimum atomic E-state index is -0.196.